The van der Waals surface area contributed by atoms with Gasteiger partial charge in [-0.1, -0.05) is 59.0 Å². The van der Waals surface area contributed by atoms with Crippen LogP contribution >= 0.6 is 0 Å². The molecule has 1 rings (SSSR count). The standard InChI is InChI=1S/C23H44O5/c1-7-9-10-11-12-13-20(25-6)14-16-26-22-18(3)21(17-24-5)28-23(19(22)4)27-15-8-2/h8,15,18-23H,7,9-14,16-17H2,1-6H3/b15-8-. The van der Waals surface area contributed by atoms with Gasteiger partial charge in [-0.15, -0.1) is 0 Å². The lowest BCUT2D eigenvalue weighted by Gasteiger charge is -2.43. The van der Waals surface area contributed by atoms with Gasteiger partial charge in [-0.3, -0.25) is 0 Å². The van der Waals surface area contributed by atoms with Crippen LogP contribution in [-0.4, -0.2) is 52.0 Å². The fourth-order valence-corrected chi connectivity index (χ4v) is 3.93. The summed E-state index contributed by atoms with van der Waals surface area (Å²) in [6.45, 7) is 9.74. The van der Waals surface area contributed by atoms with Crippen LogP contribution in [0.25, 0.3) is 0 Å². The minimum Gasteiger partial charge on any atom is -0.472 e. The first-order chi connectivity index (χ1) is 13.6. The zero-order valence-electron chi connectivity index (χ0n) is 19.0. The van der Waals surface area contributed by atoms with Gasteiger partial charge in [-0.2, -0.15) is 0 Å². The lowest BCUT2D eigenvalue weighted by atomic mass is 9.85. The average molecular weight is 401 g/mol. The van der Waals surface area contributed by atoms with E-state index in [0.29, 0.717) is 13.2 Å². The van der Waals surface area contributed by atoms with Crippen molar-refractivity contribution >= 4 is 0 Å². The zero-order valence-corrected chi connectivity index (χ0v) is 19.0. The van der Waals surface area contributed by atoms with E-state index in [2.05, 4.69) is 20.8 Å². The zero-order chi connectivity index (χ0) is 20.8. The van der Waals surface area contributed by atoms with Gasteiger partial charge in [-0.05, 0) is 19.8 Å². The normalized spacial score (nSPS) is 29.3. The highest BCUT2D eigenvalue weighted by Crippen LogP contribution is 2.33. The van der Waals surface area contributed by atoms with Crippen molar-refractivity contribution in [1.82, 2.24) is 0 Å². The number of methoxy groups -OCH3 is 2. The number of allylic oxidation sites excluding steroid dienone is 1. The Kier molecular flexibility index (Phi) is 13.8. The van der Waals surface area contributed by atoms with Crippen LogP contribution in [0.5, 0.6) is 0 Å². The van der Waals surface area contributed by atoms with Crippen molar-refractivity contribution in [1.29, 1.82) is 0 Å². The first-order valence-corrected chi connectivity index (χ1v) is 11.1. The predicted molar refractivity (Wildman–Crippen MR) is 113 cm³/mol. The molecule has 0 saturated carbocycles. The largest absolute Gasteiger partial charge is 0.472 e. The molecular formula is C23H44O5. The minimum atomic E-state index is -0.311. The third-order valence-corrected chi connectivity index (χ3v) is 5.75. The molecule has 1 fully saturated rings. The van der Waals surface area contributed by atoms with Gasteiger partial charge < -0.3 is 23.7 Å². The molecule has 1 heterocycles. The maximum absolute atomic E-state index is 6.35. The summed E-state index contributed by atoms with van der Waals surface area (Å²) in [4.78, 5) is 0. The van der Waals surface area contributed by atoms with Gasteiger partial charge >= 0.3 is 0 Å². The van der Waals surface area contributed by atoms with Gasteiger partial charge in [0.2, 0.25) is 6.29 Å². The topological polar surface area (TPSA) is 46.2 Å². The van der Waals surface area contributed by atoms with Crippen molar-refractivity contribution in [2.24, 2.45) is 11.8 Å². The highest BCUT2D eigenvalue weighted by Gasteiger charge is 2.43. The second-order valence-electron chi connectivity index (χ2n) is 8.01. The van der Waals surface area contributed by atoms with Gasteiger partial charge in [0.15, 0.2) is 0 Å². The fraction of sp³-hybridized carbons (Fsp3) is 0.913. The Morgan fingerprint density at radius 3 is 2.39 bits per heavy atom. The summed E-state index contributed by atoms with van der Waals surface area (Å²) in [5.41, 5.74) is 0. The molecule has 0 spiro atoms. The van der Waals surface area contributed by atoms with Crippen molar-refractivity contribution in [3.63, 3.8) is 0 Å². The molecule has 0 bridgehead atoms. The van der Waals surface area contributed by atoms with E-state index < -0.39 is 0 Å². The van der Waals surface area contributed by atoms with Crippen molar-refractivity contribution in [2.45, 2.75) is 97.2 Å². The van der Waals surface area contributed by atoms with E-state index in [4.69, 9.17) is 23.7 Å². The number of ether oxygens (including phenoxy) is 5. The molecule has 28 heavy (non-hydrogen) atoms. The van der Waals surface area contributed by atoms with Crippen LogP contribution in [0.15, 0.2) is 12.3 Å². The van der Waals surface area contributed by atoms with Gasteiger partial charge in [-0.25, -0.2) is 0 Å². The summed E-state index contributed by atoms with van der Waals surface area (Å²) in [7, 11) is 3.52. The van der Waals surface area contributed by atoms with E-state index in [1.54, 1.807) is 13.4 Å². The maximum atomic E-state index is 6.35. The fourth-order valence-electron chi connectivity index (χ4n) is 3.93. The molecule has 0 radical (unpaired) electrons. The van der Waals surface area contributed by atoms with E-state index in [9.17, 15) is 0 Å². The second kappa shape index (κ2) is 15.3. The van der Waals surface area contributed by atoms with Crippen LogP contribution in [-0.2, 0) is 23.7 Å². The van der Waals surface area contributed by atoms with Gasteiger partial charge in [0.05, 0.1) is 31.2 Å². The van der Waals surface area contributed by atoms with Gasteiger partial charge in [0, 0.05) is 32.7 Å². The summed E-state index contributed by atoms with van der Waals surface area (Å²) in [6, 6.07) is 0. The van der Waals surface area contributed by atoms with Gasteiger partial charge in [0.25, 0.3) is 0 Å². The Morgan fingerprint density at radius 1 is 1.00 bits per heavy atom. The van der Waals surface area contributed by atoms with Crippen LogP contribution in [0.4, 0.5) is 0 Å². The molecule has 5 heteroatoms. The number of hydrogen-bond donors (Lipinski definition) is 0. The van der Waals surface area contributed by atoms with Crippen LogP contribution < -0.4 is 0 Å². The van der Waals surface area contributed by atoms with Crippen LogP contribution in [0.3, 0.4) is 0 Å². The molecule has 1 aliphatic rings. The molecule has 5 nitrogen and oxygen atoms in total. The highest BCUT2D eigenvalue weighted by atomic mass is 16.7. The third-order valence-electron chi connectivity index (χ3n) is 5.75. The Labute approximate surface area is 173 Å². The maximum Gasteiger partial charge on any atom is 0.204 e. The summed E-state index contributed by atoms with van der Waals surface area (Å²) in [5, 5.41) is 0. The Bertz CT molecular complexity index is 400. The van der Waals surface area contributed by atoms with Crippen molar-refractivity contribution in [3.05, 3.63) is 12.3 Å². The minimum absolute atomic E-state index is 0.0294. The van der Waals surface area contributed by atoms with Crippen molar-refractivity contribution in [3.8, 4) is 0 Å². The Balaban J connectivity index is 2.50. The van der Waals surface area contributed by atoms with Crippen molar-refractivity contribution in [2.75, 3.05) is 27.4 Å². The molecule has 6 atom stereocenters. The Morgan fingerprint density at radius 2 is 1.75 bits per heavy atom. The van der Waals surface area contributed by atoms with E-state index in [0.717, 1.165) is 12.8 Å². The molecular weight excluding hydrogens is 356 g/mol. The number of rotatable bonds is 15. The summed E-state index contributed by atoms with van der Waals surface area (Å²) in [5.74, 6) is 0.393. The lowest BCUT2D eigenvalue weighted by molar-refractivity contribution is -0.260. The number of hydrogen-bond acceptors (Lipinski definition) is 5. The molecule has 0 aromatic heterocycles. The number of unbranched alkanes of at least 4 members (excludes halogenated alkanes) is 4. The monoisotopic (exact) mass is 400 g/mol. The van der Waals surface area contributed by atoms with Crippen LogP contribution in [0, 0.1) is 11.8 Å². The summed E-state index contributed by atoms with van der Waals surface area (Å²) < 4.78 is 29.3. The summed E-state index contributed by atoms with van der Waals surface area (Å²) in [6.07, 6.45) is 12.1. The van der Waals surface area contributed by atoms with Crippen LogP contribution in [0.2, 0.25) is 0 Å². The molecule has 0 aliphatic carbocycles. The highest BCUT2D eigenvalue weighted by molar-refractivity contribution is 4.87. The second-order valence-corrected chi connectivity index (χ2v) is 8.01. The first-order valence-electron chi connectivity index (χ1n) is 11.1. The van der Waals surface area contributed by atoms with E-state index in [1.807, 2.05) is 20.1 Å². The Hall–Kier alpha value is -0.620. The SMILES string of the molecule is C/C=C\OC1OC(COC)C(C)C(OCCC(CCCCCCC)OC)C1C. The van der Waals surface area contributed by atoms with E-state index in [1.165, 1.54) is 32.1 Å². The molecule has 1 aliphatic heterocycles. The first kappa shape index (κ1) is 25.4. The molecule has 0 amide bonds. The smallest absolute Gasteiger partial charge is 0.204 e. The lowest BCUT2D eigenvalue weighted by Crippen LogP contribution is -2.52. The summed E-state index contributed by atoms with van der Waals surface area (Å²) >= 11 is 0. The molecule has 0 N–H and O–H groups in total. The average Bonchev–Trinajstić information content (AvgIpc) is 2.70. The van der Waals surface area contributed by atoms with E-state index >= 15 is 0 Å². The molecule has 6 unspecified atom stereocenters. The molecule has 0 aromatic carbocycles. The molecule has 166 valence electrons. The van der Waals surface area contributed by atoms with Crippen molar-refractivity contribution < 1.29 is 23.7 Å². The quantitative estimate of drug-likeness (QED) is 0.275. The molecule has 1 saturated heterocycles. The van der Waals surface area contributed by atoms with Gasteiger partial charge in [0.1, 0.15) is 0 Å². The van der Waals surface area contributed by atoms with E-state index in [-0.39, 0.29) is 36.4 Å². The van der Waals surface area contributed by atoms with Crippen LogP contribution in [0.1, 0.15) is 72.6 Å². The third kappa shape index (κ3) is 8.81. The molecule has 0 aromatic rings. The predicted octanol–water partition coefficient (Wildman–Crippen LogP) is 5.33.